The lowest BCUT2D eigenvalue weighted by Gasteiger charge is -2.19. The van der Waals surface area contributed by atoms with E-state index in [1.54, 1.807) is 0 Å². The Morgan fingerprint density at radius 1 is 1.31 bits per heavy atom. The normalized spacial score (nSPS) is 14.2. The van der Waals surface area contributed by atoms with E-state index in [-0.39, 0.29) is 0 Å². The van der Waals surface area contributed by atoms with Gasteiger partial charge in [0.2, 0.25) is 0 Å². The van der Waals surface area contributed by atoms with Crippen LogP contribution in [0.1, 0.15) is 11.7 Å². The number of aliphatic hydroxyl groups excluding tert-OH is 1. The standard InChI is InChI=1S/C11H13FO4/c1-15-10(11(14)16-2)9(13)7-3-5-8(12)6-4-7/h3-6,9-10,13H,1-2H3/t9-,10+/m1/s1. The zero-order valence-corrected chi connectivity index (χ0v) is 9.01. The first-order valence-electron chi connectivity index (χ1n) is 4.64. The molecule has 4 nitrogen and oxygen atoms in total. The molecule has 0 spiro atoms. The Morgan fingerprint density at radius 2 is 1.88 bits per heavy atom. The fourth-order valence-corrected chi connectivity index (χ4v) is 1.30. The summed E-state index contributed by atoms with van der Waals surface area (Å²) in [7, 11) is 2.49. The van der Waals surface area contributed by atoms with E-state index in [9.17, 15) is 14.3 Å². The van der Waals surface area contributed by atoms with Gasteiger partial charge >= 0.3 is 5.97 Å². The third kappa shape index (κ3) is 2.77. The summed E-state index contributed by atoms with van der Waals surface area (Å²) in [6.45, 7) is 0. The van der Waals surface area contributed by atoms with Gasteiger partial charge in [0.1, 0.15) is 11.9 Å². The Morgan fingerprint density at radius 3 is 2.31 bits per heavy atom. The zero-order valence-electron chi connectivity index (χ0n) is 9.01. The number of methoxy groups -OCH3 is 2. The molecule has 0 saturated carbocycles. The summed E-state index contributed by atoms with van der Waals surface area (Å²) < 4.78 is 22.0. The smallest absolute Gasteiger partial charge is 0.338 e. The van der Waals surface area contributed by atoms with Gasteiger partial charge in [-0.1, -0.05) is 12.1 Å². The fourth-order valence-electron chi connectivity index (χ4n) is 1.30. The van der Waals surface area contributed by atoms with Crippen molar-refractivity contribution in [3.8, 4) is 0 Å². The van der Waals surface area contributed by atoms with Gasteiger partial charge in [-0.3, -0.25) is 0 Å². The molecular weight excluding hydrogens is 215 g/mol. The molecule has 0 unspecified atom stereocenters. The highest BCUT2D eigenvalue weighted by Gasteiger charge is 2.28. The number of halogens is 1. The minimum absolute atomic E-state index is 0.388. The molecule has 1 aromatic rings. The van der Waals surface area contributed by atoms with E-state index in [1.807, 2.05) is 0 Å². The monoisotopic (exact) mass is 228 g/mol. The first-order valence-corrected chi connectivity index (χ1v) is 4.64. The van der Waals surface area contributed by atoms with Crippen LogP contribution in [0.25, 0.3) is 0 Å². The van der Waals surface area contributed by atoms with Gasteiger partial charge in [0.25, 0.3) is 0 Å². The fraction of sp³-hybridized carbons (Fsp3) is 0.364. The van der Waals surface area contributed by atoms with Crippen LogP contribution in [-0.2, 0) is 14.3 Å². The van der Waals surface area contributed by atoms with Gasteiger partial charge in [-0.15, -0.1) is 0 Å². The summed E-state index contributed by atoms with van der Waals surface area (Å²) in [5.74, 6) is -1.10. The highest BCUT2D eigenvalue weighted by Crippen LogP contribution is 2.20. The quantitative estimate of drug-likeness (QED) is 0.782. The first-order chi connectivity index (χ1) is 7.60. The second-order valence-corrected chi connectivity index (χ2v) is 3.18. The van der Waals surface area contributed by atoms with Crippen molar-refractivity contribution in [1.82, 2.24) is 0 Å². The second-order valence-electron chi connectivity index (χ2n) is 3.18. The van der Waals surface area contributed by atoms with Crippen LogP contribution in [0.4, 0.5) is 4.39 Å². The third-order valence-electron chi connectivity index (χ3n) is 2.19. The van der Waals surface area contributed by atoms with Crippen molar-refractivity contribution in [2.45, 2.75) is 12.2 Å². The predicted octanol–water partition coefficient (Wildman–Crippen LogP) is 1.05. The van der Waals surface area contributed by atoms with E-state index >= 15 is 0 Å². The summed E-state index contributed by atoms with van der Waals surface area (Å²) in [5, 5.41) is 9.82. The zero-order chi connectivity index (χ0) is 12.1. The summed E-state index contributed by atoms with van der Waals surface area (Å²) in [4.78, 5) is 11.2. The molecule has 0 heterocycles. The van der Waals surface area contributed by atoms with Crippen molar-refractivity contribution < 1.29 is 23.8 Å². The van der Waals surface area contributed by atoms with Crippen molar-refractivity contribution in [3.05, 3.63) is 35.6 Å². The first kappa shape index (κ1) is 12.6. The second kappa shape index (κ2) is 5.58. The molecule has 0 aliphatic rings. The molecule has 0 fully saturated rings. The molecular formula is C11H13FO4. The minimum atomic E-state index is -1.18. The molecule has 0 radical (unpaired) electrons. The van der Waals surface area contributed by atoms with E-state index in [4.69, 9.17) is 4.74 Å². The van der Waals surface area contributed by atoms with Crippen LogP contribution in [0, 0.1) is 5.82 Å². The van der Waals surface area contributed by atoms with Crippen LogP contribution >= 0.6 is 0 Å². The minimum Gasteiger partial charge on any atom is -0.467 e. The number of rotatable bonds is 4. The van der Waals surface area contributed by atoms with E-state index in [2.05, 4.69) is 4.74 Å². The Bertz CT molecular complexity index is 350. The number of aliphatic hydroxyl groups is 1. The molecule has 16 heavy (non-hydrogen) atoms. The highest BCUT2D eigenvalue weighted by molar-refractivity contribution is 5.75. The number of ether oxygens (including phenoxy) is 2. The molecule has 0 saturated heterocycles. The molecule has 1 rings (SSSR count). The molecule has 88 valence electrons. The maximum atomic E-state index is 12.7. The number of carbonyl (C=O) groups excluding carboxylic acids is 1. The van der Waals surface area contributed by atoms with Gasteiger partial charge < -0.3 is 14.6 Å². The molecule has 5 heteroatoms. The Labute approximate surface area is 92.6 Å². The van der Waals surface area contributed by atoms with Crippen LogP contribution < -0.4 is 0 Å². The SMILES string of the molecule is COC(=O)[C@@H](OC)[C@H](O)c1ccc(F)cc1. The molecule has 0 aliphatic heterocycles. The molecule has 1 N–H and O–H groups in total. The maximum absolute atomic E-state index is 12.7. The number of esters is 1. The number of benzene rings is 1. The van der Waals surface area contributed by atoms with Gasteiger partial charge in [-0.2, -0.15) is 0 Å². The molecule has 0 aliphatic carbocycles. The molecule has 2 atom stereocenters. The van der Waals surface area contributed by atoms with Crippen molar-refractivity contribution in [2.24, 2.45) is 0 Å². The molecule has 0 amide bonds. The number of carbonyl (C=O) groups is 1. The maximum Gasteiger partial charge on any atom is 0.338 e. The third-order valence-corrected chi connectivity index (χ3v) is 2.19. The number of hydrogen-bond donors (Lipinski definition) is 1. The van der Waals surface area contributed by atoms with Crippen LogP contribution in [0.15, 0.2) is 24.3 Å². The van der Waals surface area contributed by atoms with Gasteiger partial charge in [0, 0.05) is 7.11 Å². The lowest BCUT2D eigenvalue weighted by molar-refractivity contribution is -0.159. The van der Waals surface area contributed by atoms with Crippen molar-refractivity contribution in [2.75, 3.05) is 14.2 Å². The summed E-state index contributed by atoms with van der Waals surface area (Å²) in [6.07, 6.45) is -2.30. The van der Waals surface area contributed by atoms with E-state index < -0.39 is 24.0 Å². The lowest BCUT2D eigenvalue weighted by atomic mass is 10.0. The summed E-state index contributed by atoms with van der Waals surface area (Å²) in [5.41, 5.74) is 0.388. The molecule has 0 bridgehead atoms. The Balaban J connectivity index is 2.86. The summed E-state index contributed by atoms with van der Waals surface area (Å²) in [6, 6.07) is 5.16. The van der Waals surface area contributed by atoms with E-state index in [0.717, 1.165) is 0 Å². The van der Waals surface area contributed by atoms with Crippen LogP contribution in [-0.4, -0.2) is 31.4 Å². The lowest BCUT2D eigenvalue weighted by Crippen LogP contribution is -2.31. The largest absolute Gasteiger partial charge is 0.467 e. The van der Waals surface area contributed by atoms with Gasteiger partial charge in [0.15, 0.2) is 6.10 Å². The van der Waals surface area contributed by atoms with Crippen molar-refractivity contribution in [3.63, 3.8) is 0 Å². The highest BCUT2D eigenvalue weighted by atomic mass is 19.1. The van der Waals surface area contributed by atoms with Gasteiger partial charge in [-0.25, -0.2) is 9.18 Å². The Kier molecular flexibility index (Phi) is 4.39. The van der Waals surface area contributed by atoms with E-state index in [1.165, 1.54) is 38.5 Å². The summed E-state index contributed by atoms with van der Waals surface area (Å²) >= 11 is 0. The van der Waals surface area contributed by atoms with Crippen LogP contribution in [0.2, 0.25) is 0 Å². The molecule has 1 aromatic carbocycles. The van der Waals surface area contributed by atoms with Gasteiger partial charge in [-0.05, 0) is 17.7 Å². The Hall–Kier alpha value is -1.46. The average molecular weight is 228 g/mol. The van der Waals surface area contributed by atoms with Crippen molar-refractivity contribution in [1.29, 1.82) is 0 Å². The van der Waals surface area contributed by atoms with E-state index in [0.29, 0.717) is 5.56 Å². The van der Waals surface area contributed by atoms with Crippen LogP contribution in [0.3, 0.4) is 0 Å². The predicted molar refractivity (Wildman–Crippen MR) is 54.2 cm³/mol. The van der Waals surface area contributed by atoms with Crippen LogP contribution in [0.5, 0.6) is 0 Å². The number of hydrogen-bond acceptors (Lipinski definition) is 4. The topological polar surface area (TPSA) is 55.8 Å². The molecule has 0 aromatic heterocycles. The van der Waals surface area contributed by atoms with Gasteiger partial charge in [0.05, 0.1) is 7.11 Å². The average Bonchev–Trinajstić information content (AvgIpc) is 2.30. The van der Waals surface area contributed by atoms with Crippen molar-refractivity contribution >= 4 is 5.97 Å².